The SMILES string of the molecule is CCCC1(F)COC(c2ccc(-c3ccc(C4CCC(CC)CC4)cc3)cc2)OC1. The first kappa shape index (κ1) is 21.5. The van der Waals surface area contributed by atoms with E-state index >= 15 is 0 Å². The van der Waals surface area contributed by atoms with Crippen molar-refractivity contribution in [3.8, 4) is 11.1 Å². The Hall–Kier alpha value is -1.71. The Morgan fingerprint density at radius 2 is 1.33 bits per heavy atom. The molecule has 2 aromatic rings. The molecule has 2 aromatic carbocycles. The summed E-state index contributed by atoms with van der Waals surface area (Å²) in [7, 11) is 0. The van der Waals surface area contributed by atoms with E-state index in [1.54, 1.807) is 0 Å². The largest absolute Gasteiger partial charge is 0.345 e. The first-order valence-corrected chi connectivity index (χ1v) is 11.7. The summed E-state index contributed by atoms with van der Waals surface area (Å²) in [4.78, 5) is 0. The molecule has 0 N–H and O–H groups in total. The van der Waals surface area contributed by atoms with Crippen molar-refractivity contribution in [2.45, 2.75) is 76.7 Å². The van der Waals surface area contributed by atoms with Crippen molar-refractivity contribution in [2.24, 2.45) is 5.92 Å². The molecule has 0 atom stereocenters. The molecule has 0 amide bonds. The van der Waals surface area contributed by atoms with E-state index < -0.39 is 12.0 Å². The Morgan fingerprint density at radius 3 is 1.83 bits per heavy atom. The van der Waals surface area contributed by atoms with Crippen LogP contribution in [0.4, 0.5) is 4.39 Å². The van der Waals surface area contributed by atoms with Crippen molar-refractivity contribution in [2.75, 3.05) is 13.2 Å². The lowest BCUT2D eigenvalue weighted by atomic mass is 9.77. The van der Waals surface area contributed by atoms with Gasteiger partial charge in [0.1, 0.15) is 0 Å². The zero-order valence-electron chi connectivity index (χ0n) is 18.4. The minimum Gasteiger partial charge on any atom is -0.345 e. The van der Waals surface area contributed by atoms with Crippen LogP contribution in [0.2, 0.25) is 0 Å². The van der Waals surface area contributed by atoms with Crippen LogP contribution in [0.5, 0.6) is 0 Å². The summed E-state index contributed by atoms with van der Waals surface area (Å²) in [6.07, 6.45) is 7.52. The molecule has 1 aliphatic carbocycles. The van der Waals surface area contributed by atoms with E-state index in [0.717, 1.165) is 23.8 Å². The van der Waals surface area contributed by atoms with Gasteiger partial charge in [-0.2, -0.15) is 0 Å². The van der Waals surface area contributed by atoms with Crippen LogP contribution in [0.1, 0.15) is 82.1 Å². The molecule has 0 aromatic heterocycles. The van der Waals surface area contributed by atoms with E-state index in [2.05, 4.69) is 43.3 Å². The van der Waals surface area contributed by atoms with E-state index in [4.69, 9.17) is 9.47 Å². The monoisotopic (exact) mass is 410 g/mol. The smallest absolute Gasteiger partial charge is 0.184 e. The molecule has 0 unspecified atom stereocenters. The molecule has 2 nitrogen and oxygen atoms in total. The van der Waals surface area contributed by atoms with E-state index in [-0.39, 0.29) is 13.2 Å². The highest BCUT2D eigenvalue weighted by Gasteiger charge is 2.36. The molecule has 1 saturated carbocycles. The molecular weight excluding hydrogens is 375 g/mol. The highest BCUT2D eigenvalue weighted by Crippen LogP contribution is 2.38. The van der Waals surface area contributed by atoms with Crippen molar-refractivity contribution in [1.82, 2.24) is 0 Å². The molecule has 162 valence electrons. The molecule has 2 fully saturated rings. The summed E-state index contributed by atoms with van der Waals surface area (Å²) in [6.45, 7) is 4.51. The van der Waals surface area contributed by atoms with E-state index in [1.165, 1.54) is 48.8 Å². The number of rotatable bonds is 6. The normalized spacial score (nSPS) is 29.6. The maximum absolute atomic E-state index is 14.5. The van der Waals surface area contributed by atoms with E-state index in [0.29, 0.717) is 6.42 Å². The number of ether oxygens (including phenoxy) is 2. The zero-order chi connectivity index (χ0) is 21.0. The van der Waals surface area contributed by atoms with Crippen molar-refractivity contribution in [3.05, 3.63) is 59.7 Å². The second-order valence-electron chi connectivity index (χ2n) is 9.22. The van der Waals surface area contributed by atoms with Gasteiger partial charge in [-0.1, -0.05) is 75.2 Å². The van der Waals surface area contributed by atoms with Gasteiger partial charge in [0.05, 0.1) is 13.2 Å². The van der Waals surface area contributed by atoms with Gasteiger partial charge in [0, 0.05) is 5.56 Å². The number of halogens is 1. The van der Waals surface area contributed by atoms with Crippen LogP contribution in [0.3, 0.4) is 0 Å². The van der Waals surface area contributed by atoms with Gasteiger partial charge in [-0.05, 0) is 60.6 Å². The first-order valence-electron chi connectivity index (χ1n) is 11.7. The molecular formula is C27H35FO2. The topological polar surface area (TPSA) is 18.5 Å². The molecule has 3 heteroatoms. The van der Waals surface area contributed by atoms with Gasteiger partial charge in [-0.3, -0.25) is 0 Å². The van der Waals surface area contributed by atoms with Crippen molar-refractivity contribution >= 4 is 0 Å². The average Bonchev–Trinajstić information content (AvgIpc) is 2.80. The second kappa shape index (κ2) is 9.62. The minimum atomic E-state index is -1.34. The number of benzene rings is 2. The third-order valence-electron chi connectivity index (χ3n) is 7.01. The summed E-state index contributed by atoms with van der Waals surface area (Å²) in [5, 5.41) is 0. The Balaban J connectivity index is 1.36. The van der Waals surface area contributed by atoms with Crippen LogP contribution in [0, 0.1) is 5.92 Å². The first-order chi connectivity index (χ1) is 14.6. The van der Waals surface area contributed by atoms with Crippen LogP contribution in [-0.4, -0.2) is 18.9 Å². The van der Waals surface area contributed by atoms with Crippen LogP contribution in [0.25, 0.3) is 11.1 Å². The zero-order valence-corrected chi connectivity index (χ0v) is 18.4. The van der Waals surface area contributed by atoms with Gasteiger partial charge in [0.15, 0.2) is 12.0 Å². The summed E-state index contributed by atoms with van der Waals surface area (Å²) >= 11 is 0. The van der Waals surface area contributed by atoms with Gasteiger partial charge in [-0.25, -0.2) is 4.39 Å². The summed E-state index contributed by atoms with van der Waals surface area (Å²) < 4.78 is 25.9. The lowest BCUT2D eigenvalue weighted by Crippen LogP contribution is -2.41. The molecule has 0 radical (unpaired) electrons. The standard InChI is InChI=1S/C27H35FO2/c1-3-17-27(28)18-29-26(30-19-27)25-15-13-24(14-16-25)23-11-9-22(10-12-23)21-7-5-20(4-2)6-8-21/h9-16,20-21,26H,3-8,17-19H2,1-2H3. The maximum Gasteiger partial charge on any atom is 0.184 e. The van der Waals surface area contributed by atoms with Gasteiger partial charge >= 0.3 is 0 Å². The molecule has 0 bridgehead atoms. The number of hydrogen-bond acceptors (Lipinski definition) is 2. The predicted molar refractivity (Wildman–Crippen MR) is 120 cm³/mol. The van der Waals surface area contributed by atoms with Gasteiger partial charge in [0.25, 0.3) is 0 Å². The Labute approximate surface area is 180 Å². The highest BCUT2D eigenvalue weighted by atomic mass is 19.1. The summed E-state index contributed by atoms with van der Waals surface area (Å²) in [5.74, 6) is 1.66. The molecule has 1 aliphatic heterocycles. The lowest BCUT2D eigenvalue weighted by molar-refractivity contribution is -0.238. The number of hydrogen-bond donors (Lipinski definition) is 0. The van der Waals surface area contributed by atoms with Crippen LogP contribution in [0.15, 0.2) is 48.5 Å². The molecule has 2 aliphatic rings. The Kier molecular flexibility index (Phi) is 6.90. The second-order valence-corrected chi connectivity index (χ2v) is 9.22. The average molecular weight is 411 g/mol. The number of alkyl halides is 1. The van der Waals surface area contributed by atoms with Crippen molar-refractivity contribution in [3.63, 3.8) is 0 Å². The highest BCUT2D eigenvalue weighted by molar-refractivity contribution is 5.64. The third-order valence-corrected chi connectivity index (χ3v) is 7.01. The van der Waals surface area contributed by atoms with Crippen LogP contribution < -0.4 is 0 Å². The van der Waals surface area contributed by atoms with Gasteiger partial charge in [-0.15, -0.1) is 0 Å². The van der Waals surface area contributed by atoms with Crippen LogP contribution in [-0.2, 0) is 9.47 Å². The lowest BCUT2D eigenvalue weighted by Gasteiger charge is -2.34. The Bertz CT molecular complexity index is 783. The maximum atomic E-state index is 14.5. The van der Waals surface area contributed by atoms with Gasteiger partial charge < -0.3 is 9.47 Å². The third kappa shape index (κ3) is 4.95. The molecule has 30 heavy (non-hydrogen) atoms. The van der Waals surface area contributed by atoms with Crippen molar-refractivity contribution < 1.29 is 13.9 Å². The van der Waals surface area contributed by atoms with Crippen molar-refractivity contribution in [1.29, 1.82) is 0 Å². The molecule has 1 saturated heterocycles. The summed E-state index contributed by atoms with van der Waals surface area (Å²) in [6, 6.07) is 17.4. The van der Waals surface area contributed by atoms with E-state index in [1.807, 2.05) is 19.1 Å². The minimum absolute atomic E-state index is 0.106. The van der Waals surface area contributed by atoms with Crippen LogP contribution >= 0.6 is 0 Å². The predicted octanol–water partition coefficient (Wildman–Crippen LogP) is 7.59. The Morgan fingerprint density at radius 1 is 0.800 bits per heavy atom. The fourth-order valence-electron chi connectivity index (χ4n) is 5.01. The summed E-state index contributed by atoms with van der Waals surface area (Å²) in [5.41, 5.74) is 3.49. The molecule has 0 spiro atoms. The quantitative estimate of drug-likeness (QED) is 0.488. The molecule has 4 rings (SSSR count). The fourth-order valence-corrected chi connectivity index (χ4v) is 5.01. The van der Waals surface area contributed by atoms with Gasteiger partial charge in [0.2, 0.25) is 0 Å². The van der Waals surface area contributed by atoms with E-state index in [9.17, 15) is 4.39 Å². The fraction of sp³-hybridized carbons (Fsp3) is 0.556. The molecule has 1 heterocycles.